The quantitative estimate of drug-likeness (QED) is 0.770. The van der Waals surface area contributed by atoms with Crippen molar-refractivity contribution in [2.24, 2.45) is 0 Å². The summed E-state index contributed by atoms with van der Waals surface area (Å²) in [5, 5.41) is 5.63. The highest BCUT2D eigenvalue weighted by molar-refractivity contribution is 5.88. The first-order valence-electron chi connectivity index (χ1n) is 9.04. The number of carbonyl (C=O) groups excluding carboxylic acids is 2. The first kappa shape index (κ1) is 19.0. The Morgan fingerprint density at radius 1 is 1.30 bits per heavy atom. The Morgan fingerprint density at radius 2 is 2.15 bits per heavy atom. The van der Waals surface area contributed by atoms with Crippen LogP contribution in [-0.2, 0) is 22.6 Å². The number of amides is 2. The van der Waals surface area contributed by atoms with E-state index in [2.05, 4.69) is 15.6 Å². The molecule has 1 aromatic heterocycles. The molecule has 2 amide bonds. The van der Waals surface area contributed by atoms with Crippen LogP contribution in [0.15, 0.2) is 48.8 Å². The van der Waals surface area contributed by atoms with Gasteiger partial charge in [0.1, 0.15) is 5.82 Å². The van der Waals surface area contributed by atoms with Crippen LogP contribution in [0.3, 0.4) is 0 Å². The summed E-state index contributed by atoms with van der Waals surface area (Å²) >= 11 is 0. The Hall–Kier alpha value is -2.80. The highest BCUT2D eigenvalue weighted by Crippen LogP contribution is 2.16. The minimum absolute atomic E-state index is 0.0489. The van der Waals surface area contributed by atoms with Gasteiger partial charge in [0.15, 0.2) is 0 Å². The summed E-state index contributed by atoms with van der Waals surface area (Å²) in [6.45, 7) is 1.85. The van der Waals surface area contributed by atoms with Crippen molar-refractivity contribution in [2.45, 2.75) is 25.4 Å². The molecule has 0 unspecified atom stereocenters. The van der Waals surface area contributed by atoms with Crippen LogP contribution >= 0.6 is 0 Å². The van der Waals surface area contributed by atoms with Crippen LogP contribution in [0.2, 0.25) is 0 Å². The first-order chi connectivity index (χ1) is 13.1. The lowest BCUT2D eigenvalue weighted by Crippen LogP contribution is -2.56. The fourth-order valence-corrected chi connectivity index (χ4v) is 3.16. The topological polar surface area (TPSA) is 74.3 Å². The smallest absolute Gasteiger partial charge is 0.237 e. The molecule has 27 heavy (non-hydrogen) atoms. The van der Waals surface area contributed by atoms with Gasteiger partial charge in [-0.05, 0) is 24.1 Å². The van der Waals surface area contributed by atoms with E-state index in [0.717, 1.165) is 5.56 Å². The molecule has 1 aliphatic heterocycles. The van der Waals surface area contributed by atoms with Crippen molar-refractivity contribution < 1.29 is 14.0 Å². The van der Waals surface area contributed by atoms with E-state index in [1.807, 2.05) is 17.0 Å². The number of rotatable bonds is 7. The lowest BCUT2D eigenvalue weighted by molar-refractivity contribution is -0.134. The Morgan fingerprint density at radius 3 is 2.93 bits per heavy atom. The Balaban J connectivity index is 1.55. The molecule has 0 bridgehead atoms. The van der Waals surface area contributed by atoms with E-state index < -0.39 is 6.04 Å². The number of pyridine rings is 1. The summed E-state index contributed by atoms with van der Waals surface area (Å²) in [6, 6.07) is 9.70. The van der Waals surface area contributed by atoms with Gasteiger partial charge in [-0.25, -0.2) is 4.39 Å². The van der Waals surface area contributed by atoms with Crippen LogP contribution in [0, 0.1) is 5.82 Å². The highest BCUT2D eigenvalue weighted by atomic mass is 19.1. The van der Waals surface area contributed by atoms with E-state index in [9.17, 15) is 14.0 Å². The predicted molar refractivity (Wildman–Crippen MR) is 99.2 cm³/mol. The van der Waals surface area contributed by atoms with E-state index >= 15 is 0 Å². The van der Waals surface area contributed by atoms with Crippen molar-refractivity contribution in [3.8, 4) is 0 Å². The summed E-state index contributed by atoms with van der Waals surface area (Å²) < 4.78 is 13.9. The second-order valence-electron chi connectivity index (χ2n) is 6.53. The normalized spacial score (nSPS) is 17.4. The number of nitrogens with zero attached hydrogens (tertiary/aromatic N) is 2. The second kappa shape index (κ2) is 9.23. The lowest BCUT2D eigenvalue weighted by atomic mass is 10.1. The molecule has 6 nitrogen and oxygen atoms in total. The van der Waals surface area contributed by atoms with Gasteiger partial charge in [-0.3, -0.25) is 19.5 Å². The van der Waals surface area contributed by atoms with Gasteiger partial charge in [0.05, 0.1) is 12.5 Å². The van der Waals surface area contributed by atoms with E-state index in [4.69, 9.17) is 0 Å². The second-order valence-corrected chi connectivity index (χ2v) is 6.53. The minimum Gasteiger partial charge on any atom is -0.356 e. The molecule has 1 atom stereocenters. The van der Waals surface area contributed by atoms with E-state index in [-0.39, 0.29) is 24.1 Å². The molecule has 1 aliphatic rings. The third kappa shape index (κ3) is 5.34. The van der Waals surface area contributed by atoms with Crippen LogP contribution in [0.4, 0.5) is 4.39 Å². The van der Waals surface area contributed by atoms with Gasteiger partial charge in [-0.1, -0.05) is 24.3 Å². The van der Waals surface area contributed by atoms with Crippen LogP contribution < -0.4 is 10.6 Å². The average Bonchev–Trinajstić information content (AvgIpc) is 2.67. The van der Waals surface area contributed by atoms with E-state index in [0.29, 0.717) is 38.2 Å². The summed E-state index contributed by atoms with van der Waals surface area (Å²) in [4.78, 5) is 30.5. The van der Waals surface area contributed by atoms with Crippen LogP contribution in [0.25, 0.3) is 0 Å². The molecule has 0 radical (unpaired) electrons. The van der Waals surface area contributed by atoms with Crippen LogP contribution in [0.5, 0.6) is 0 Å². The van der Waals surface area contributed by atoms with Gasteiger partial charge in [0.25, 0.3) is 0 Å². The van der Waals surface area contributed by atoms with Crippen molar-refractivity contribution in [2.75, 3.05) is 19.6 Å². The number of hydrogen-bond donors (Lipinski definition) is 2. The van der Waals surface area contributed by atoms with Gasteiger partial charge in [0.2, 0.25) is 11.8 Å². The van der Waals surface area contributed by atoms with Crippen molar-refractivity contribution in [3.05, 3.63) is 65.7 Å². The monoisotopic (exact) mass is 370 g/mol. The molecule has 2 aromatic rings. The van der Waals surface area contributed by atoms with Crippen LogP contribution in [0.1, 0.15) is 17.5 Å². The molecule has 1 saturated heterocycles. The van der Waals surface area contributed by atoms with Gasteiger partial charge in [0, 0.05) is 44.1 Å². The van der Waals surface area contributed by atoms with Crippen molar-refractivity contribution in [1.82, 2.24) is 20.5 Å². The van der Waals surface area contributed by atoms with Crippen molar-refractivity contribution in [3.63, 3.8) is 0 Å². The zero-order valence-corrected chi connectivity index (χ0v) is 15.0. The molecular formula is C20H23FN4O2. The molecule has 1 fully saturated rings. The standard InChI is InChI=1S/C20H23FN4O2/c21-17-6-2-1-5-16(17)14-25-11-10-24-20(27)18(25)12-19(26)23-9-7-15-4-3-8-22-13-15/h1-6,8,13,18H,7,9-12,14H2,(H,23,26)(H,24,27)/t18-/m1/s1. The fraction of sp³-hybridized carbons (Fsp3) is 0.350. The molecule has 2 N–H and O–H groups in total. The number of aromatic nitrogens is 1. The first-order valence-corrected chi connectivity index (χ1v) is 9.04. The molecule has 0 spiro atoms. The Labute approximate surface area is 157 Å². The molecule has 7 heteroatoms. The van der Waals surface area contributed by atoms with Gasteiger partial charge < -0.3 is 10.6 Å². The SMILES string of the molecule is O=C(C[C@@H]1C(=O)NCCN1Cc1ccccc1F)NCCc1cccnc1. The summed E-state index contributed by atoms with van der Waals surface area (Å²) in [6.07, 6.45) is 4.19. The third-order valence-corrected chi connectivity index (χ3v) is 4.61. The van der Waals surface area contributed by atoms with Gasteiger partial charge in [-0.15, -0.1) is 0 Å². The van der Waals surface area contributed by atoms with Crippen molar-refractivity contribution in [1.29, 1.82) is 0 Å². The summed E-state index contributed by atoms with van der Waals surface area (Å²) in [5.41, 5.74) is 1.56. The fourth-order valence-electron chi connectivity index (χ4n) is 3.16. The maximum Gasteiger partial charge on any atom is 0.237 e. The molecule has 1 aromatic carbocycles. The summed E-state index contributed by atoms with van der Waals surface area (Å²) in [7, 11) is 0. The number of halogens is 1. The van der Waals surface area contributed by atoms with Gasteiger partial charge in [-0.2, -0.15) is 0 Å². The third-order valence-electron chi connectivity index (χ3n) is 4.61. The number of carbonyl (C=O) groups is 2. The Bertz CT molecular complexity index is 785. The maximum absolute atomic E-state index is 13.9. The predicted octanol–water partition coefficient (Wildman–Crippen LogP) is 1.27. The molecule has 142 valence electrons. The number of benzene rings is 1. The molecular weight excluding hydrogens is 347 g/mol. The maximum atomic E-state index is 13.9. The van der Waals surface area contributed by atoms with Crippen molar-refractivity contribution >= 4 is 11.8 Å². The van der Waals surface area contributed by atoms with E-state index in [1.165, 1.54) is 6.07 Å². The van der Waals surface area contributed by atoms with Crippen LogP contribution in [-0.4, -0.2) is 47.4 Å². The molecule has 0 saturated carbocycles. The average molecular weight is 370 g/mol. The zero-order chi connectivity index (χ0) is 19.1. The highest BCUT2D eigenvalue weighted by Gasteiger charge is 2.31. The number of hydrogen-bond acceptors (Lipinski definition) is 4. The largest absolute Gasteiger partial charge is 0.356 e. The number of nitrogens with one attached hydrogen (secondary N) is 2. The molecule has 3 rings (SSSR count). The molecule has 0 aliphatic carbocycles. The summed E-state index contributed by atoms with van der Waals surface area (Å²) in [5.74, 6) is -0.692. The van der Waals surface area contributed by atoms with E-state index in [1.54, 1.807) is 30.6 Å². The molecule has 2 heterocycles. The Kier molecular flexibility index (Phi) is 6.49. The lowest BCUT2D eigenvalue weighted by Gasteiger charge is -2.34. The zero-order valence-electron chi connectivity index (χ0n) is 15.0. The minimum atomic E-state index is -0.600. The van der Waals surface area contributed by atoms with Gasteiger partial charge >= 0.3 is 0 Å². The number of piperazine rings is 1.